The van der Waals surface area contributed by atoms with E-state index in [-0.39, 0.29) is 11.8 Å². The summed E-state index contributed by atoms with van der Waals surface area (Å²) in [6.07, 6.45) is 2.29. The Morgan fingerprint density at radius 1 is 0.622 bits per heavy atom. The van der Waals surface area contributed by atoms with Gasteiger partial charge in [0.1, 0.15) is 58.4 Å². The summed E-state index contributed by atoms with van der Waals surface area (Å²) in [4.78, 5) is 52.6. The van der Waals surface area contributed by atoms with E-state index in [1.54, 1.807) is 49.1 Å². The van der Waals surface area contributed by atoms with Gasteiger partial charge in [-0.2, -0.15) is 10.2 Å². The monoisotopic (exact) mass is 1040 g/mol. The lowest BCUT2D eigenvalue weighted by molar-refractivity contribution is 0.102. The van der Waals surface area contributed by atoms with E-state index in [2.05, 4.69) is 50.7 Å². The maximum absolute atomic E-state index is 13.2. The fraction of sp³-hybridized carbons (Fsp3) is 0.192. The zero-order valence-corrected chi connectivity index (χ0v) is 42.2. The molecule has 0 radical (unpaired) electrons. The van der Waals surface area contributed by atoms with Gasteiger partial charge in [-0.25, -0.2) is 47.5 Å². The summed E-state index contributed by atoms with van der Waals surface area (Å²) in [5.41, 5.74) is 8.84. The molecule has 16 nitrogen and oxygen atoms in total. The smallest absolute Gasteiger partial charge is 0.267 e. The van der Waals surface area contributed by atoms with Gasteiger partial charge in [0.25, 0.3) is 24.7 Å². The van der Waals surface area contributed by atoms with E-state index in [1.165, 1.54) is 65.1 Å². The molecular formula is C52H46F4N12O4S2. The number of hydrogen-bond donors (Lipinski definition) is 2. The van der Waals surface area contributed by atoms with Crippen molar-refractivity contribution in [2.24, 2.45) is 0 Å². The Balaban J connectivity index is 0.000000191. The Labute approximate surface area is 429 Å². The number of alkyl halides is 4. The van der Waals surface area contributed by atoms with Gasteiger partial charge in [-0.3, -0.25) is 19.0 Å². The highest BCUT2D eigenvalue weighted by Gasteiger charge is 2.23. The second-order valence-electron chi connectivity index (χ2n) is 15.7. The van der Waals surface area contributed by atoms with Crippen molar-refractivity contribution in [3.05, 3.63) is 142 Å². The Bertz CT molecular complexity index is 3570. The van der Waals surface area contributed by atoms with E-state index in [1.807, 2.05) is 81.4 Å². The number of carbonyl (C=O) groups excluding carboxylic acids is 2. The first-order valence-electron chi connectivity index (χ1n) is 22.8. The fourth-order valence-corrected chi connectivity index (χ4v) is 9.13. The first kappa shape index (κ1) is 51.8. The second-order valence-corrected chi connectivity index (χ2v) is 17.8. The molecule has 0 unspecified atom stereocenters. The molecule has 74 heavy (non-hydrogen) atoms. The highest BCUT2D eigenvalue weighted by Crippen LogP contribution is 2.40. The molecule has 2 amide bonds. The Hall–Kier alpha value is -8.50. The van der Waals surface area contributed by atoms with E-state index >= 15 is 0 Å². The van der Waals surface area contributed by atoms with Crippen LogP contribution in [0.5, 0.6) is 11.5 Å². The topological polar surface area (TPSA) is 190 Å². The van der Waals surface area contributed by atoms with Crippen LogP contribution in [0.2, 0.25) is 0 Å². The normalized spacial score (nSPS) is 11.0. The molecular weight excluding hydrogens is 997 g/mol. The van der Waals surface area contributed by atoms with Gasteiger partial charge >= 0.3 is 0 Å². The largest absolute Gasteiger partial charge is 0.494 e. The minimum absolute atomic E-state index is 0.319. The summed E-state index contributed by atoms with van der Waals surface area (Å²) in [5.74, 6) is 0.185. The van der Waals surface area contributed by atoms with Crippen LogP contribution in [0.3, 0.4) is 0 Å². The number of halogens is 4. The van der Waals surface area contributed by atoms with E-state index in [0.717, 1.165) is 16.1 Å². The summed E-state index contributed by atoms with van der Waals surface area (Å²) in [6, 6.07) is 25.4. The first-order chi connectivity index (χ1) is 35.9. The lowest BCUT2D eigenvalue weighted by Gasteiger charge is -2.13. The number of anilines is 2. The van der Waals surface area contributed by atoms with Crippen molar-refractivity contribution in [3.63, 3.8) is 0 Å². The molecule has 0 saturated heterocycles. The maximum Gasteiger partial charge on any atom is 0.267 e. The van der Waals surface area contributed by atoms with E-state index in [0.29, 0.717) is 94.0 Å². The molecule has 0 aliphatic rings. The standard InChI is InChI=1S/2C25H20F2N6O2S.C2H6/c1-14-28-10-21(36-14)25(34)31-19-8-16-18(9-20(19)35-2)29-13-30-24(16)17-11-33(12-22(26)27)32-23(17)15-6-4-3-5-7-15;1-14-24(36-13-30-14)25(34)31-19-8-16-18(9-20(19)35-2)28-12-29-23(16)17-10-33(11-21(26)27)32-22(17)15-6-4-3-5-7-15;1-2/h3-11,13,22H,12H2,1-2H3,(H,31,34);3-10,12-13,21H,11H2,1-2H3,(H,31,34);1-2H3. The van der Waals surface area contributed by atoms with Crippen LogP contribution >= 0.6 is 22.7 Å². The summed E-state index contributed by atoms with van der Waals surface area (Å²) >= 11 is 2.52. The summed E-state index contributed by atoms with van der Waals surface area (Å²) in [5, 5.41) is 16.6. The van der Waals surface area contributed by atoms with Crippen molar-refractivity contribution < 1.29 is 36.6 Å². The van der Waals surface area contributed by atoms with Gasteiger partial charge in [-0.1, -0.05) is 74.5 Å². The second kappa shape index (κ2) is 23.4. The molecule has 0 aliphatic heterocycles. The number of hydrogen-bond acceptors (Lipinski definition) is 14. The van der Waals surface area contributed by atoms with Crippen molar-refractivity contribution >= 4 is 67.7 Å². The number of benzene rings is 4. The maximum atomic E-state index is 13.2. The lowest BCUT2D eigenvalue weighted by atomic mass is 10.0. The van der Waals surface area contributed by atoms with E-state index < -0.39 is 25.9 Å². The molecule has 0 saturated carbocycles. The highest BCUT2D eigenvalue weighted by molar-refractivity contribution is 7.13. The van der Waals surface area contributed by atoms with Crippen LogP contribution in [0.4, 0.5) is 28.9 Å². The molecule has 6 heterocycles. The molecule has 0 bridgehead atoms. The lowest BCUT2D eigenvalue weighted by Crippen LogP contribution is -2.12. The third-order valence-corrected chi connectivity index (χ3v) is 12.8. The van der Waals surface area contributed by atoms with Gasteiger partial charge < -0.3 is 20.1 Å². The predicted molar refractivity (Wildman–Crippen MR) is 278 cm³/mol. The van der Waals surface area contributed by atoms with Crippen LogP contribution in [0.1, 0.15) is 43.9 Å². The van der Waals surface area contributed by atoms with Crippen molar-refractivity contribution in [1.29, 1.82) is 0 Å². The van der Waals surface area contributed by atoms with Crippen LogP contribution in [0, 0.1) is 13.8 Å². The molecule has 0 aliphatic carbocycles. The van der Waals surface area contributed by atoms with Gasteiger partial charge in [0, 0.05) is 57.6 Å². The van der Waals surface area contributed by atoms with Gasteiger partial charge in [0.05, 0.1) is 70.4 Å². The minimum Gasteiger partial charge on any atom is -0.494 e. The highest BCUT2D eigenvalue weighted by atomic mass is 32.1. The molecule has 0 fully saturated rings. The van der Waals surface area contributed by atoms with Gasteiger partial charge in [0.2, 0.25) is 0 Å². The number of nitrogens with one attached hydrogen (secondary N) is 2. The molecule has 378 valence electrons. The molecule has 10 aromatic rings. The number of aromatic nitrogens is 10. The number of carbonyl (C=O) groups is 2. The first-order valence-corrected chi connectivity index (χ1v) is 24.5. The van der Waals surface area contributed by atoms with Crippen LogP contribution < -0.4 is 20.1 Å². The SMILES string of the molecule is CC.COc1cc2ncnc(-c3cn(CC(F)F)nc3-c3ccccc3)c2cc1NC(=O)c1cnc(C)s1.COc1cc2ncnc(-c3cn(CC(F)F)nc3-c3ccccc3)c2cc1NC(=O)c1scnc1C. The molecule has 10 rings (SSSR count). The zero-order chi connectivity index (χ0) is 52.5. The zero-order valence-electron chi connectivity index (χ0n) is 40.5. The fourth-order valence-electron chi connectivity index (χ4n) is 7.76. The third kappa shape index (κ3) is 11.6. The van der Waals surface area contributed by atoms with Crippen LogP contribution in [0.25, 0.3) is 66.8 Å². The van der Waals surface area contributed by atoms with Crippen molar-refractivity contribution in [2.75, 3.05) is 24.9 Å². The number of methoxy groups -OCH3 is 2. The molecule has 4 aromatic carbocycles. The number of amides is 2. The minimum atomic E-state index is -2.57. The van der Waals surface area contributed by atoms with Crippen LogP contribution in [-0.2, 0) is 13.1 Å². The molecule has 22 heteroatoms. The van der Waals surface area contributed by atoms with Crippen molar-refractivity contribution in [3.8, 4) is 56.5 Å². The quantitative estimate of drug-likeness (QED) is 0.0982. The van der Waals surface area contributed by atoms with Crippen LogP contribution in [0.15, 0.2) is 122 Å². The summed E-state index contributed by atoms with van der Waals surface area (Å²) in [6.45, 7) is 6.48. The Morgan fingerprint density at radius 3 is 1.50 bits per heavy atom. The van der Waals surface area contributed by atoms with Crippen molar-refractivity contribution in [2.45, 2.75) is 53.6 Å². The van der Waals surface area contributed by atoms with E-state index in [9.17, 15) is 27.2 Å². The van der Waals surface area contributed by atoms with Gasteiger partial charge in [-0.05, 0) is 26.0 Å². The van der Waals surface area contributed by atoms with Gasteiger partial charge in [0.15, 0.2) is 0 Å². The van der Waals surface area contributed by atoms with E-state index in [4.69, 9.17) is 9.47 Å². The average Bonchev–Trinajstić information content (AvgIpc) is 4.24. The number of ether oxygens (including phenoxy) is 2. The molecule has 0 atom stereocenters. The predicted octanol–water partition coefficient (Wildman–Crippen LogP) is 11.9. The number of rotatable bonds is 14. The number of aryl methyl sites for hydroxylation is 2. The average molecular weight is 1040 g/mol. The molecule has 6 aromatic heterocycles. The van der Waals surface area contributed by atoms with Crippen molar-refractivity contribution in [1.82, 2.24) is 49.5 Å². The number of fused-ring (bicyclic) bond motifs is 2. The molecule has 2 N–H and O–H groups in total. The summed E-state index contributed by atoms with van der Waals surface area (Å²) in [7, 11) is 3.00. The third-order valence-electron chi connectivity index (χ3n) is 11.0. The Morgan fingerprint density at radius 2 is 1.09 bits per heavy atom. The van der Waals surface area contributed by atoms with Crippen LogP contribution in [-0.4, -0.2) is 88.3 Å². The number of nitrogens with zero attached hydrogens (tertiary/aromatic N) is 10. The molecule has 0 spiro atoms. The van der Waals surface area contributed by atoms with Gasteiger partial charge in [-0.15, -0.1) is 22.7 Å². The number of thiazole rings is 2. The summed E-state index contributed by atoms with van der Waals surface area (Å²) < 4.78 is 66.1. The Kier molecular flexibility index (Phi) is 16.4.